The van der Waals surface area contributed by atoms with E-state index in [-0.39, 0.29) is 17.5 Å². The SMILES string of the molecule is CC(C)[C@@H]([NH3+])C(=O)NC(C)(C)C. The van der Waals surface area contributed by atoms with E-state index in [9.17, 15) is 4.79 Å². The Kier molecular flexibility index (Phi) is 3.71. The van der Waals surface area contributed by atoms with Crippen LogP contribution in [0.5, 0.6) is 0 Å². The van der Waals surface area contributed by atoms with E-state index in [1.165, 1.54) is 0 Å². The fourth-order valence-corrected chi connectivity index (χ4v) is 0.765. The summed E-state index contributed by atoms with van der Waals surface area (Å²) >= 11 is 0. The summed E-state index contributed by atoms with van der Waals surface area (Å²) in [5, 5.41) is 2.90. The smallest absolute Gasteiger partial charge is 0.278 e. The Labute approximate surface area is 74.7 Å². The highest BCUT2D eigenvalue weighted by atomic mass is 16.2. The van der Waals surface area contributed by atoms with Gasteiger partial charge in [-0.3, -0.25) is 4.79 Å². The lowest BCUT2D eigenvalue weighted by Crippen LogP contribution is -2.71. The molecular formula is C9H21N2O+. The quantitative estimate of drug-likeness (QED) is 0.614. The molecule has 0 heterocycles. The van der Waals surface area contributed by atoms with Crippen LogP contribution in [0.4, 0.5) is 0 Å². The number of quaternary nitrogens is 1. The minimum Gasteiger partial charge on any atom is -0.347 e. The van der Waals surface area contributed by atoms with Gasteiger partial charge in [0, 0.05) is 11.5 Å². The largest absolute Gasteiger partial charge is 0.347 e. The van der Waals surface area contributed by atoms with Crippen LogP contribution in [0.3, 0.4) is 0 Å². The lowest BCUT2D eigenvalue weighted by Gasteiger charge is -2.22. The number of carbonyl (C=O) groups excluding carboxylic acids is 1. The average Bonchev–Trinajstić information content (AvgIpc) is 1.82. The number of hydrogen-bond donors (Lipinski definition) is 2. The average molecular weight is 173 g/mol. The van der Waals surface area contributed by atoms with E-state index in [1.807, 2.05) is 34.6 Å². The molecular weight excluding hydrogens is 152 g/mol. The van der Waals surface area contributed by atoms with E-state index in [1.54, 1.807) is 0 Å². The van der Waals surface area contributed by atoms with E-state index in [2.05, 4.69) is 11.1 Å². The van der Waals surface area contributed by atoms with Crippen molar-refractivity contribution >= 4 is 5.91 Å². The summed E-state index contributed by atoms with van der Waals surface area (Å²) in [6, 6.07) is -0.149. The maximum Gasteiger partial charge on any atom is 0.278 e. The van der Waals surface area contributed by atoms with Crippen molar-refractivity contribution in [3.05, 3.63) is 0 Å². The lowest BCUT2D eigenvalue weighted by atomic mass is 10.0. The van der Waals surface area contributed by atoms with Crippen molar-refractivity contribution < 1.29 is 10.5 Å². The molecule has 0 aromatic rings. The first-order chi connectivity index (χ1) is 5.24. The molecule has 0 saturated carbocycles. The first-order valence-corrected chi connectivity index (χ1v) is 4.39. The molecule has 0 fully saturated rings. The van der Waals surface area contributed by atoms with Crippen molar-refractivity contribution in [3.63, 3.8) is 0 Å². The summed E-state index contributed by atoms with van der Waals surface area (Å²) in [6.45, 7) is 9.91. The number of nitrogens with one attached hydrogen (secondary N) is 1. The van der Waals surface area contributed by atoms with Gasteiger partial charge >= 0.3 is 0 Å². The summed E-state index contributed by atoms with van der Waals surface area (Å²) in [6.07, 6.45) is 0. The molecule has 0 aliphatic carbocycles. The van der Waals surface area contributed by atoms with Gasteiger partial charge in [0.2, 0.25) is 0 Å². The molecule has 1 atom stereocenters. The van der Waals surface area contributed by atoms with Gasteiger partial charge in [-0.05, 0) is 20.8 Å². The zero-order valence-corrected chi connectivity index (χ0v) is 8.77. The Morgan fingerprint density at radius 3 is 2.00 bits per heavy atom. The van der Waals surface area contributed by atoms with Crippen LogP contribution in [0.25, 0.3) is 0 Å². The van der Waals surface area contributed by atoms with Crippen LogP contribution in [-0.2, 0) is 4.79 Å². The fourth-order valence-electron chi connectivity index (χ4n) is 0.765. The van der Waals surface area contributed by atoms with Crippen LogP contribution < -0.4 is 11.1 Å². The molecule has 0 radical (unpaired) electrons. The van der Waals surface area contributed by atoms with Gasteiger partial charge in [-0.15, -0.1) is 0 Å². The second-order valence-corrected chi connectivity index (χ2v) is 4.59. The summed E-state index contributed by atoms with van der Waals surface area (Å²) in [5.41, 5.74) is 3.66. The number of amides is 1. The van der Waals surface area contributed by atoms with Crippen LogP contribution in [0, 0.1) is 5.92 Å². The highest BCUT2D eigenvalue weighted by molar-refractivity contribution is 5.80. The molecule has 12 heavy (non-hydrogen) atoms. The van der Waals surface area contributed by atoms with E-state index >= 15 is 0 Å². The van der Waals surface area contributed by atoms with Gasteiger partial charge in [0.25, 0.3) is 5.91 Å². The number of hydrogen-bond acceptors (Lipinski definition) is 1. The Balaban J connectivity index is 4.05. The van der Waals surface area contributed by atoms with E-state index in [4.69, 9.17) is 0 Å². The highest BCUT2D eigenvalue weighted by Gasteiger charge is 2.24. The molecule has 72 valence electrons. The second-order valence-electron chi connectivity index (χ2n) is 4.59. The molecule has 0 bridgehead atoms. The van der Waals surface area contributed by atoms with E-state index < -0.39 is 0 Å². The molecule has 0 aliphatic rings. The Hall–Kier alpha value is -0.570. The van der Waals surface area contributed by atoms with Gasteiger partial charge in [-0.2, -0.15) is 0 Å². The van der Waals surface area contributed by atoms with E-state index in [0.717, 1.165) is 0 Å². The van der Waals surface area contributed by atoms with Crippen LogP contribution in [0.2, 0.25) is 0 Å². The first-order valence-electron chi connectivity index (χ1n) is 4.39. The van der Waals surface area contributed by atoms with Gasteiger partial charge in [0.1, 0.15) is 0 Å². The molecule has 0 saturated heterocycles. The molecule has 1 amide bonds. The third kappa shape index (κ3) is 4.34. The van der Waals surface area contributed by atoms with Crippen molar-refractivity contribution in [2.24, 2.45) is 5.92 Å². The van der Waals surface area contributed by atoms with Gasteiger partial charge in [-0.1, -0.05) is 13.8 Å². The van der Waals surface area contributed by atoms with Crippen molar-refractivity contribution in [2.75, 3.05) is 0 Å². The molecule has 0 aliphatic heterocycles. The first kappa shape index (κ1) is 11.4. The maximum absolute atomic E-state index is 11.4. The minimum absolute atomic E-state index is 0.0394. The van der Waals surface area contributed by atoms with Crippen molar-refractivity contribution in [1.29, 1.82) is 0 Å². The molecule has 0 unspecified atom stereocenters. The van der Waals surface area contributed by atoms with E-state index in [0.29, 0.717) is 5.92 Å². The standard InChI is InChI=1S/C9H20N2O/c1-6(2)7(10)8(12)11-9(3,4)5/h6-7H,10H2,1-5H3,(H,11,12)/p+1/t7-/m1/s1. The van der Waals surface area contributed by atoms with Crippen LogP contribution in [-0.4, -0.2) is 17.5 Å². The Morgan fingerprint density at radius 2 is 1.75 bits per heavy atom. The molecule has 4 N–H and O–H groups in total. The van der Waals surface area contributed by atoms with Gasteiger partial charge < -0.3 is 11.1 Å². The zero-order chi connectivity index (χ0) is 9.94. The van der Waals surface area contributed by atoms with Crippen LogP contribution >= 0.6 is 0 Å². The fraction of sp³-hybridized carbons (Fsp3) is 0.889. The minimum atomic E-state index is -0.151. The highest BCUT2D eigenvalue weighted by Crippen LogP contribution is 2.02. The predicted octanol–water partition coefficient (Wildman–Crippen LogP) is 0.168. The van der Waals surface area contributed by atoms with Gasteiger partial charge in [-0.25, -0.2) is 0 Å². The summed E-state index contributed by atoms with van der Waals surface area (Å²) in [4.78, 5) is 11.4. The lowest BCUT2D eigenvalue weighted by molar-refractivity contribution is -0.414. The molecule has 3 heteroatoms. The van der Waals surface area contributed by atoms with Crippen LogP contribution in [0.1, 0.15) is 34.6 Å². The second kappa shape index (κ2) is 3.90. The molecule has 0 aromatic carbocycles. The van der Waals surface area contributed by atoms with Gasteiger partial charge in [0.05, 0.1) is 0 Å². The Morgan fingerprint density at radius 1 is 1.33 bits per heavy atom. The third-order valence-corrected chi connectivity index (χ3v) is 1.64. The van der Waals surface area contributed by atoms with Crippen molar-refractivity contribution in [3.8, 4) is 0 Å². The number of carbonyl (C=O) groups is 1. The predicted molar refractivity (Wildman–Crippen MR) is 49.4 cm³/mol. The molecule has 0 rings (SSSR count). The maximum atomic E-state index is 11.4. The van der Waals surface area contributed by atoms with Crippen LogP contribution in [0.15, 0.2) is 0 Å². The molecule has 0 spiro atoms. The third-order valence-electron chi connectivity index (χ3n) is 1.64. The topological polar surface area (TPSA) is 56.7 Å². The van der Waals surface area contributed by atoms with Crippen molar-refractivity contribution in [1.82, 2.24) is 5.32 Å². The Bertz CT molecular complexity index is 158. The number of rotatable bonds is 2. The monoisotopic (exact) mass is 173 g/mol. The normalized spacial score (nSPS) is 14.6. The molecule has 3 nitrogen and oxygen atoms in total. The van der Waals surface area contributed by atoms with Gasteiger partial charge in [0.15, 0.2) is 6.04 Å². The van der Waals surface area contributed by atoms with Crippen molar-refractivity contribution in [2.45, 2.75) is 46.2 Å². The molecule has 0 aromatic heterocycles. The summed E-state index contributed by atoms with van der Waals surface area (Å²) in [7, 11) is 0. The summed E-state index contributed by atoms with van der Waals surface area (Å²) in [5.74, 6) is 0.338. The summed E-state index contributed by atoms with van der Waals surface area (Å²) < 4.78 is 0. The zero-order valence-electron chi connectivity index (χ0n) is 8.77.